The second-order valence-electron chi connectivity index (χ2n) is 3.33. The Bertz CT molecular complexity index is 593. The van der Waals surface area contributed by atoms with E-state index >= 15 is 0 Å². The summed E-state index contributed by atoms with van der Waals surface area (Å²) >= 11 is 7.25. The summed E-state index contributed by atoms with van der Waals surface area (Å²) in [5.74, 6) is 0. The van der Waals surface area contributed by atoms with Gasteiger partial charge in [-0.3, -0.25) is 0 Å². The predicted molar refractivity (Wildman–Crippen MR) is 67.1 cm³/mol. The second-order valence-corrected chi connectivity index (χ2v) is 4.78. The zero-order valence-electron chi connectivity index (χ0n) is 9.01. The predicted octanol–water partition coefficient (Wildman–Crippen LogP) is 3.46. The number of nitrogens with zero attached hydrogens (tertiary/aromatic N) is 3. The third-order valence-electron chi connectivity index (χ3n) is 2.04. The van der Waals surface area contributed by atoms with E-state index in [1.54, 1.807) is 24.4 Å². The van der Waals surface area contributed by atoms with Crippen LogP contribution in [0.5, 0.6) is 0 Å². The van der Waals surface area contributed by atoms with Crippen LogP contribution in [-0.4, -0.2) is 9.97 Å². The normalized spacial score (nSPS) is 9.94. The number of aromatic nitrogens is 2. The lowest BCUT2D eigenvalue weighted by molar-refractivity contribution is 0.932. The minimum absolute atomic E-state index is 0.574. The molecule has 1 aromatic carbocycles. The van der Waals surface area contributed by atoms with E-state index in [1.165, 1.54) is 11.8 Å². The molecule has 2 rings (SSSR count). The maximum atomic E-state index is 8.99. The van der Waals surface area contributed by atoms with E-state index < -0.39 is 0 Å². The molecule has 0 spiro atoms. The van der Waals surface area contributed by atoms with Crippen molar-refractivity contribution in [2.45, 2.75) is 17.0 Å². The first-order valence-electron chi connectivity index (χ1n) is 4.86. The molecule has 0 saturated heterocycles. The smallest absolute Gasteiger partial charge is 0.192 e. The van der Waals surface area contributed by atoms with Crippen molar-refractivity contribution < 1.29 is 0 Å². The molecule has 0 aliphatic carbocycles. The number of aryl methyl sites for hydroxylation is 1. The summed E-state index contributed by atoms with van der Waals surface area (Å²) in [5.41, 5.74) is 1.47. The molecule has 0 radical (unpaired) electrons. The van der Waals surface area contributed by atoms with Crippen molar-refractivity contribution in [3.8, 4) is 6.07 Å². The summed E-state index contributed by atoms with van der Waals surface area (Å²) in [6.45, 7) is 1.90. The van der Waals surface area contributed by atoms with Gasteiger partial charge in [0.25, 0.3) is 0 Å². The maximum absolute atomic E-state index is 8.99. The minimum atomic E-state index is 0.574. The molecule has 3 nitrogen and oxygen atoms in total. The average Bonchev–Trinajstić information content (AvgIpc) is 2.29. The van der Waals surface area contributed by atoms with E-state index in [9.17, 15) is 0 Å². The van der Waals surface area contributed by atoms with Crippen molar-refractivity contribution in [1.29, 1.82) is 5.26 Å². The maximum Gasteiger partial charge on any atom is 0.192 e. The Morgan fingerprint density at radius 3 is 2.88 bits per heavy atom. The van der Waals surface area contributed by atoms with Gasteiger partial charge in [0.15, 0.2) is 5.16 Å². The fourth-order valence-electron chi connectivity index (χ4n) is 1.25. The van der Waals surface area contributed by atoms with E-state index in [1.807, 2.05) is 13.0 Å². The van der Waals surface area contributed by atoms with E-state index in [4.69, 9.17) is 16.9 Å². The van der Waals surface area contributed by atoms with E-state index in [0.717, 1.165) is 10.6 Å². The van der Waals surface area contributed by atoms with Crippen LogP contribution in [0.4, 0.5) is 0 Å². The molecule has 0 amide bonds. The third kappa shape index (κ3) is 2.96. The fraction of sp³-hybridized carbons (Fsp3) is 0.0833. The van der Waals surface area contributed by atoms with Crippen molar-refractivity contribution in [3.05, 3.63) is 46.7 Å². The SMILES string of the molecule is Cc1ccnc(Sc2cc(Cl)ccc2C#N)n1. The lowest BCUT2D eigenvalue weighted by Crippen LogP contribution is -1.89. The molecule has 1 aromatic heterocycles. The molecule has 0 bridgehead atoms. The summed E-state index contributed by atoms with van der Waals surface area (Å²) in [6, 6.07) is 9.09. The first kappa shape index (κ1) is 11.9. The van der Waals surface area contributed by atoms with Crippen LogP contribution in [-0.2, 0) is 0 Å². The Morgan fingerprint density at radius 2 is 2.18 bits per heavy atom. The molecule has 84 valence electrons. The molecule has 0 aliphatic rings. The van der Waals surface area contributed by atoms with E-state index in [0.29, 0.717) is 15.7 Å². The van der Waals surface area contributed by atoms with Crippen LogP contribution in [0.15, 0.2) is 40.5 Å². The van der Waals surface area contributed by atoms with Gasteiger partial charge in [0.1, 0.15) is 6.07 Å². The van der Waals surface area contributed by atoms with Crippen LogP contribution in [0.2, 0.25) is 5.02 Å². The van der Waals surface area contributed by atoms with Gasteiger partial charge in [0.05, 0.1) is 5.56 Å². The molecule has 0 unspecified atom stereocenters. The highest BCUT2D eigenvalue weighted by Gasteiger charge is 2.07. The molecule has 2 aromatic rings. The average molecular weight is 262 g/mol. The molecular formula is C12H8ClN3S. The Balaban J connectivity index is 2.36. The lowest BCUT2D eigenvalue weighted by atomic mass is 10.2. The van der Waals surface area contributed by atoms with Gasteiger partial charge >= 0.3 is 0 Å². The molecule has 5 heteroatoms. The van der Waals surface area contributed by atoms with Gasteiger partial charge in [-0.15, -0.1) is 0 Å². The van der Waals surface area contributed by atoms with Crippen molar-refractivity contribution in [2.75, 3.05) is 0 Å². The van der Waals surface area contributed by atoms with Gasteiger partial charge in [0.2, 0.25) is 0 Å². The molecule has 17 heavy (non-hydrogen) atoms. The van der Waals surface area contributed by atoms with Crippen molar-refractivity contribution >= 4 is 23.4 Å². The van der Waals surface area contributed by atoms with Crippen LogP contribution in [0.1, 0.15) is 11.3 Å². The largest absolute Gasteiger partial charge is 0.231 e. The molecular weight excluding hydrogens is 254 g/mol. The summed E-state index contributed by atoms with van der Waals surface area (Å²) in [6.07, 6.45) is 1.70. The van der Waals surface area contributed by atoms with Crippen LogP contribution < -0.4 is 0 Å². The summed E-state index contributed by atoms with van der Waals surface area (Å²) in [5, 5.41) is 10.2. The first-order valence-corrected chi connectivity index (χ1v) is 6.05. The highest BCUT2D eigenvalue weighted by molar-refractivity contribution is 7.99. The number of hydrogen-bond acceptors (Lipinski definition) is 4. The van der Waals surface area contributed by atoms with Gasteiger partial charge < -0.3 is 0 Å². The summed E-state index contributed by atoms with van der Waals surface area (Å²) in [7, 11) is 0. The lowest BCUT2D eigenvalue weighted by Gasteiger charge is -2.03. The standard InChI is InChI=1S/C12H8ClN3S/c1-8-4-5-15-12(16-8)17-11-6-10(13)3-2-9(11)7-14/h2-6H,1H3. The Morgan fingerprint density at radius 1 is 1.35 bits per heavy atom. The van der Waals surface area contributed by atoms with Gasteiger partial charge in [-0.2, -0.15) is 5.26 Å². The fourth-order valence-corrected chi connectivity index (χ4v) is 2.39. The molecule has 0 saturated carbocycles. The topological polar surface area (TPSA) is 49.6 Å². The monoisotopic (exact) mass is 261 g/mol. The molecule has 0 fully saturated rings. The Kier molecular flexibility index (Phi) is 3.62. The third-order valence-corrected chi connectivity index (χ3v) is 3.21. The minimum Gasteiger partial charge on any atom is -0.231 e. The summed E-state index contributed by atoms with van der Waals surface area (Å²) in [4.78, 5) is 9.18. The van der Waals surface area contributed by atoms with Gasteiger partial charge in [-0.1, -0.05) is 11.6 Å². The Hall–Kier alpha value is -1.57. The van der Waals surface area contributed by atoms with Crippen LogP contribution in [0.3, 0.4) is 0 Å². The van der Waals surface area contributed by atoms with Gasteiger partial charge in [-0.05, 0) is 43.0 Å². The zero-order valence-corrected chi connectivity index (χ0v) is 10.6. The van der Waals surface area contributed by atoms with Crippen LogP contribution >= 0.6 is 23.4 Å². The molecule has 1 heterocycles. The highest BCUT2D eigenvalue weighted by atomic mass is 35.5. The first-order chi connectivity index (χ1) is 8.19. The van der Waals surface area contributed by atoms with E-state index in [-0.39, 0.29) is 0 Å². The van der Waals surface area contributed by atoms with Gasteiger partial charge in [0, 0.05) is 21.8 Å². The quantitative estimate of drug-likeness (QED) is 0.777. The number of halogens is 1. The molecule has 0 atom stereocenters. The van der Waals surface area contributed by atoms with Crippen molar-refractivity contribution in [1.82, 2.24) is 9.97 Å². The summed E-state index contributed by atoms with van der Waals surface area (Å²) < 4.78 is 0. The second kappa shape index (κ2) is 5.17. The number of rotatable bonds is 2. The van der Waals surface area contributed by atoms with Crippen molar-refractivity contribution in [2.24, 2.45) is 0 Å². The van der Waals surface area contributed by atoms with E-state index in [2.05, 4.69) is 16.0 Å². The highest BCUT2D eigenvalue weighted by Crippen LogP contribution is 2.29. The van der Waals surface area contributed by atoms with Crippen LogP contribution in [0.25, 0.3) is 0 Å². The number of hydrogen-bond donors (Lipinski definition) is 0. The number of nitriles is 1. The molecule has 0 aliphatic heterocycles. The van der Waals surface area contributed by atoms with Gasteiger partial charge in [-0.25, -0.2) is 9.97 Å². The van der Waals surface area contributed by atoms with Crippen LogP contribution in [0, 0.1) is 18.3 Å². The number of benzene rings is 1. The zero-order chi connectivity index (χ0) is 12.3. The Labute approximate surface area is 108 Å². The van der Waals surface area contributed by atoms with Crippen molar-refractivity contribution in [3.63, 3.8) is 0 Å². The molecule has 0 N–H and O–H groups in total.